The Morgan fingerprint density at radius 1 is 1.11 bits per heavy atom. The maximum Gasteiger partial charge on any atom is 0.169 e. The van der Waals surface area contributed by atoms with Gasteiger partial charge >= 0.3 is 0 Å². The average molecular weight is 360 g/mol. The van der Waals surface area contributed by atoms with E-state index in [-0.39, 0.29) is 11.2 Å². The fourth-order valence-corrected chi connectivity index (χ4v) is 5.60. The maximum atomic E-state index is 13.6. The molecule has 2 aliphatic rings. The highest BCUT2D eigenvalue weighted by atomic mass is 16.3. The number of ketones is 1. The lowest BCUT2D eigenvalue weighted by Crippen LogP contribution is -2.44. The smallest absolute Gasteiger partial charge is 0.169 e. The van der Waals surface area contributed by atoms with Crippen molar-refractivity contribution >= 4 is 11.4 Å². The van der Waals surface area contributed by atoms with Gasteiger partial charge in [0.2, 0.25) is 0 Å². The molecule has 140 valence electrons. The number of carbonyl (C=O) groups excluding carboxylic acids is 1. The molecule has 0 unspecified atom stereocenters. The second-order valence-electron chi connectivity index (χ2n) is 8.61. The van der Waals surface area contributed by atoms with Crippen LogP contribution in [0.5, 0.6) is 5.75 Å². The van der Waals surface area contributed by atoms with Crippen molar-refractivity contribution < 1.29 is 9.90 Å². The molecular weight excluding hydrogens is 332 g/mol. The predicted molar refractivity (Wildman–Crippen MR) is 110 cm³/mol. The molecule has 0 saturated carbocycles. The van der Waals surface area contributed by atoms with Crippen molar-refractivity contribution in [3.05, 3.63) is 70.8 Å². The molecule has 2 aromatic rings. The second-order valence-corrected chi connectivity index (χ2v) is 8.61. The SMILES string of the molecule is CCCC[C@]12Cc3cc(O)ccc3C1=C(C)C(=O)[C@@](C)(c1ccccc1)C2. The normalized spacial score (nSPS) is 26.9. The zero-order valence-corrected chi connectivity index (χ0v) is 16.5. The van der Waals surface area contributed by atoms with Gasteiger partial charge < -0.3 is 5.11 Å². The highest BCUT2D eigenvalue weighted by molar-refractivity contribution is 6.11. The van der Waals surface area contributed by atoms with E-state index in [4.69, 9.17) is 0 Å². The van der Waals surface area contributed by atoms with E-state index in [9.17, 15) is 9.90 Å². The fourth-order valence-electron chi connectivity index (χ4n) is 5.60. The van der Waals surface area contributed by atoms with Crippen molar-refractivity contribution in [2.45, 2.75) is 58.3 Å². The van der Waals surface area contributed by atoms with Gasteiger partial charge in [-0.2, -0.15) is 0 Å². The van der Waals surface area contributed by atoms with E-state index in [1.807, 2.05) is 37.3 Å². The predicted octanol–water partition coefficient (Wildman–Crippen LogP) is 5.83. The lowest BCUT2D eigenvalue weighted by atomic mass is 9.56. The Balaban J connectivity index is 1.91. The van der Waals surface area contributed by atoms with Gasteiger partial charge in [-0.25, -0.2) is 0 Å². The number of rotatable bonds is 4. The molecule has 0 heterocycles. The minimum absolute atomic E-state index is 0.0191. The van der Waals surface area contributed by atoms with Crippen LogP contribution in [0.15, 0.2) is 54.1 Å². The van der Waals surface area contributed by atoms with Gasteiger partial charge in [0.1, 0.15) is 5.75 Å². The average Bonchev–Trinajstić information content (AvgIpc) is 2.98. The number of hydrogen-bond donors (Lipinski definition) is 1. The van der Waals surface area contributed by atoms with Crippen LogP contribution in [0.4, 0.5) is 0 Å². The Bertz CT molecular complexity index is 925. The van der Waals surface area contributed by atoms with Crippen molar-refractivity contribution in [1.82, 2.24) is 0 Å². The van der Waals surface area contributed by atoms with Crippen LogP contribution in [0.3, 0.4) is 0 Å². The topological polar surface area (TPSA) is 37.3 Å². The molecule has 27 heavy (non-hydrogen) atoms. The lowest BCUT2D eigenvalue weighted by molar-refractivity contribution is -0.122. The number of aromatic hydroxyl groups is 1. The lowest BCUT2D eigenvalue weighted by Gasteiger charge is -2.45. The molecule has 0 aromatic heterocycles. The van der Waals surface area contributed by atoms with Gasteiger partial charge in [-0.3, -0.25) is 4.79 Å². The molecule has 0 aliphatic heterocycles. The van der Waals surface area contributed by atoms with E-state index in [0.29, 0.717) is 5.75 Å². The van der Waals surface area contributed by atoms with Crippen LogP contribution in [-0.4, -0.2) is 10.9 Å². The Morgan fingerprint density at radius 2 is 1.85 bits per heavy atom. The van der Waals surface area contributed by atoms with E-state index in [0.717, 1.165) is 43.2 Å². The molecule has 2 aliphatic carbocycles. The van der Waals surface area contributed by atoms with E-state index >= 15 is 0 Å². The van der Waals surface area contributed by atoms with Crippen LogP contribution in [0.2, 0.25) is 0 Å². The number of phenolic OH excluding ortho intramolecular Hbond substituents is 1. The summed E-state index contributed by atoms with van der Waals surface area (Å²) < 4.78 is 0. The summed E-state index contributed by atoms with van der Waals surface area (Å²) >= 11 is 0. The molecule has 2 heteroatoms. The molecule has 0 amide bonds. The Morgan fingerprint density at radius 3 is 2.56 bits per heavy atom. The summed E-state index contributed by atoms with van der Waals surface area (Å²) in [4.78, 5) is 13.6. The summed E-state index contributed by atoms with van der Waals surface area (Å²) in [6.07, 6.45) is 5.13. The number of allylic oxidation sites excluding steroid dienone is 2. The van der Waals surface area contributed by atoms with Crippen molar-refractivity contribution in [1.29, 1.82) is 0 Å². The monoisotopic (exact) mass is 360 g/mol. The molecule has 0 bridgehead atoms. The Labute approximate surface area is 161 Å². The number of hydrogen-bond acceptors (Lipinski definition) is 2. The molecular formula is C25H28O2. The van der Waals surface area contributed by atoms with Gasteiger partial charge in [-0.1, -0.05) is 56.2 Å². The van der Waals surface area contributed by atoms with Crippen LogP contribution >= 0.6 is 0 Å². The van der Waals surface area contributed by atoms with Crippen molar-refractivity contribution in [3.63, 3.8) is 0 Å². The van der Waals surface area contributed by atoms with Crippen molar-refractivity contribution in [2.24, 2.45) is 5.41 Å². The first-order valence-electron chi connectivity index (χ1n) is 10.1. The van der Waals surface area contributed by atoms with E-state index < -0.39 is 5.41 Å². The third-order valence-electron chi connectivity index (χ3n) is 6.75. The number of fused-ring (bicyclic) bond motifs is 3. The maximum absolute atomic E-state index is 13.6. The van der Waals surface area contributed by atoms with E-state index in [1.54, 1.807) is 6.07 Å². The van der Waals surface area contributed by atoms with Crippen LogP contribution < -0.4 is 0 Å². The third kappa shape index (κ3) is 2.65. The molecule has 4 rings (SSSR count). The van der Waals surface area contributed by atoms with Gasteiger partial charge in [0.15, 0.2) is 5.78 Å². The van der Waals surface area contributed by atoms with Gasteiger partial charge in [-0.05, 0) is 73.1 Å². The van der Waals surface area contributed by atoms with Crippen LogP contribution in [0.1, 0.15) is 63.1 Å². The van der Waals surface area contributed by atoms with E-state index in [1.165, 1.54) is 16.7 Å². The largest absolute Gasteiger partial charge is 0.508 e. The summed E-state index contributed by atoms with van der Waals surface area (Å²) in [5.74, 6) is 0.560. The zero-order valence-electron chi connectivity index (χ0n) is 16.5. The molecule has 2 atom stereocenters. The molecule has 1 N–H and O–H groups in total. The van der Waals surface area contributed by atoms with Crippen molar-refractivity contribution in [3.8, 4) is 5.75 Å². The zero-order chi connectivity index (χ0) is 19.2. The number of benzene rings is 2. The van der Waals surface area contributed by atoms with E-state index in [2.05, 4.69) is 26.0 Å². The fraction of sp³-hybridized carbons (Fsp3) is 0.400. The highest BCUT2D eigenvalue weighted by Gasteiger charge is 2.54. The molecule has 2 aromatic carbocycles. The van der Waals surface area contributed by atoms with Gasteiger partial charge in [0.05, 0.1) is 5.41 Å². The number of phenols is 1. The van der Waals surface area contributed by atoms with Crippen LogP contribution in [0.25, 0.3) is 5.57 Å². The molecule has 0 radical (unpaired) electrons. The van der Waals surface area contributed by atoms with Gasteiger partial charge in [-0.15, -0.1) is 0 Å². The quantitative estimate of drug-likeness (QED) is 0.745. The van der Waals surface area contributed by atoms with Crippen LogP contribution in [-0.2, 0) is 16.6 Å². The Hall–Kier alpha value is -2.35. The molecule has 0 spiro atoms. The third-order valence-corrected chi connectivity index (χ3v) is 6.75. The van der Waals surface area contributed by atoms with Crippen molar-refractivity contribution in [2.75, 3.05) is 0 Å². The summed E-state index contributed by atoms with van der Waals surface area (Å²) in [5, 5.41) is 10.0. The first-order valence-corrected chi connectivity index (χ1v) is 10.1. The molecule has 0 saturated heterocycles. The summed E-state index contributed by atoms with van der Waals surface area (Å²) in [6.45, 7) is 6.37. The summed E-state index contributed by atoms with van der Waals surface area (Å²) in [5.41, 5.74) is 5.11. The molecule has 2 nitrogen and oxygen atoms in total. The molecule has 0 fully saturated rings. The summed E-state index contributed by atoms with van der Waals surface area (Å²) in [6, 6.07) is 15.9. The highest BCUT2D eigenvalue weighted by Crippen LogP contribution is 2.60. The number of unbranched alkanes of at least 4 members (excludes halogenated alkanes) is 1. The second kappa shape index (κ2) is 6.37. The van der Waals surface area contributed by atoms with Crippen LogP contribution in [0, 0.1) is 5.41 Å². The first kappa shape index (κ1) is 18.0. The van der Waals surface area contributed by atoms with Gasteiger partial charge in [0, 0.05) is 5.41 Å². The number of carbonyl (C=O) groups is 1. The first-order chi connectivity index (χ1) is 12.9. The van der Waals surface area contributed by atoms with Gasteiger partial charge in [0.25, 0.3) is 0 Å². The number of Topliss-reactive ketones (excluding diaryl/α,β-unsaturated/α-hetero) is 1. The summed E-state index contributed by atoms with van der Waals surface area (Å²) in [7, 11) is 0. The minimum atomic E-state index is -0.493. The Kier molecular flexibility index (Phi) is 4.25. The minimum Gasteiger partial charge on any atom is -0.508 e. The standard InChI is InChI=1S/C25H28O2/c1-4-5-13-25-15-18-14-20(26)11-12-21(18)22(25)17(2)23(27)24(3,16-25)19-9-7-6-8-10-19/h6-12,14,26H,4-5,13,15-16H2,1-3H3/t24-,25-/m1/s1.